The number of ether oxygens (including phenoxy) is 1. The number of fused-ring (bicyclic) bond motifs is 1. The summed E-state index contributed by atoms with van der Waals surface area (Å²) in [6, 6.07) is 7.14. The van der Waals surface area contributed by atoms with Crippen LogP contribution in [0, 0.1) is 0 Å². The topological polar surface area (TPSA) is 15.7 Å². The fraction of sp³-hybridized carbons (Fsp3) is 0.571. The quantitative estimate of drug-likeness (QED) is 0.835. The van der Waals surface area contributed by atoms with E-state index in [1.165, 1.54) is 38.2 Å². The standard InChI is InChI=1S/C14H19BrN2O/c1-18-14-5-4-11(9-13(14)15)17-8-7-16-6-2-3-12(16)10-17/h4-5,9,12H,2-3,6-8,10H2,1H3. The number of benzene rings is 1. The zero-order valence-corrected chi connectivity index (χ0v) is 12.3. The molecule has 98 valence electrons. The second-order valence-corrected chi connectivity index (χ2v) is 5.95. The second-order valence-electron chi connectivity index (χ2n) is 5.10. The van der Waals surface area contributed by atoms with E-state index < -0.39 is 0 Å². The Morgan fingerprint density at radius 2 is 2.17 bits per heavy atom. The summed E-state index contributed by atoms with van der Waals surface area (Å²) in [4.78, 5) is 5.13. The fourth-order valence-electron chi connectivity index (χ4n) is 3.08. The van der Waals surface area contributed by atoms with Crippen molar-refractivity contribution in [2.24, 2.45) is 0 Å². The first kappa shape index (κ1) is 12.3. The smallest absolute Gasteiger partial charge is 0.133 e. The molecule has 0 radical (unpaired) electrons. The van der Waals surface area contributed by atoms with E-state index in [1.54, 1.807) is 7.11 Å². The van der Waals surface area contributed by atoms with Crippen LogP contribution in [0.25, 0.3) is 0 Å². The molecule has 0 amide bonds. The van der Waals surface area contributed by atoms with Crippen LogP contribution >= 0.6 is 15.9 Å². The van der Waals surface area contributed by atoms with Crippen LogP contribution in [-0.4, -0.2) is 44.2 Å². The van der Waals surface area contributed by atoms with Crippen LogP contribution < -0.4 is 9.64 Å². The van der Waals surface area contributed by atoms with Crippen LogP contribution in [0.5, 0.6) is 5.75 Å². The van der Waals surface area contributed by atoms with E-state index in [0.29, 0.717) is 0 Å². The molecule has 2 aliphatic heterocycles. The van der Waals surface area contributed by atoms with Crippen molar-refractivity contribution in [1.82, 2.24) is 4.90 Å². The molecule has 2 fully saturated rings. The van der Waals surface area contributed by atoms with Crippen molar-refractivity contribution in [2.75, 3.05) is 38.2 Å². The summed E-state index contributed by atoms with van der Waals surface area (Å²) in [5, 5.41) is 0. The molecular formula is C14H19BrN2O. The third-order valence-corrected chi connectivity index (χ3v) is 4.71. The van der Waals surface area contributed by atoms with E-state index in [9.17, 15) is 0 Å². The van der Waals surface area contributed by atoms with Gasteiger partial charge in [-0.15, -0.1) is 0 Å². The molecule has 1 aromatic rings. The molecule has 0 aromatic heterocycles. The van der Waals surface area contributed by atoms with Gasteiger partial charge in [0.25, 0.3) is 0 Å². The molecule has 1 aromatic carbocycles. The zero-order valence-electron chi connectivity index (χ0n) is 10.7. The Morgan fingerprint density at radius 3 is 2.94 bits per heavy atom. The van der Waals surface area contributed by atoms with Gasteiger partial charge in [-0.3, -0.25) is 4.90 Å². The van der Waals surface area contributed by atoms with Gasteiger partial charge in [0.05, 0.1) is 11.6 Å². The lowest BCUT2D eigenvalue weighted by Gasteiger charge is -2.39. The maximum Gasteiger partial charge on any atom is 0.133 e. The highest BCUT2D eigenvalue weighted by atomic mass is 79.9. The predicted octanol–water partition coefficient (Wildman–Crippen LogP) is 2.74. The number of methoxy groups -OCH3 is 1. The van der Waals surface area contributed by atoms with E-state index in [2.05, 4.69) is 37.9 Å². The van der Waals surface area contributed by atoms with Gasteiger partial charge in [0.15, 0.2) is 0 Å². The lowest BCUT2D eigenvalue weighted by atomic mass is 10.1. The summed E-state index contributed by atoms with van der Waals surface area (Å²) in [6.07, 6.45) is 2.72. The molecule has 1 unspecified atom stereocenters. The Bertz CT molecular complexity index is 438. The molecule has 2 heterocycles. The first-order valence-corrected chi connectivity index (χ1v) is 7.40. The SMILES string of the molecule is COc1ccc(N2CCN3CCCC3C2)cc1Br. The monoisotopic (exact) mass is 310 g/mol. The van der Waals surface area contributed by atoms with Gasteiger partial charge < -0.3 is 9.64 Å². The minimum Gasteiger partial charge on any atom is -0.496 e. The van der Waals surface area contributed by atoms with Gasteiger partial charge in [-0.05, 0) is 53.5 Å². The van der Waals surface area contributed by atoms with E-state index in [-0.39, 0.29) is 0 Å². The Hall–Kier alpha value is -0.740. The molecule has 0 N–H and O–H groups in total. The van der Waals surface area contributed by atoms with Crippen molar-refractivity contribution in [1.29, 1.82) is 0 Å². The number of anilines is 1. The molecule has 1 atom stereocenters. The van der Waals surface area contributed by atoms with Gasteiger partial charge in [0, 0.05) is 31.4 Å². The summed E-state index contributed by atoms with van der Waals surface area (Å²) in [5.41, 5.74) is 1.30. The second kappa shape index (κ2) is 5.10. The minimum atomic E-state index is 0.764. The van der Waals surface area contributed by atoms with Crippen molar-refractivity contribution >= 4 is 21.6 Å². The zero-order chi connectivity index (χ0) is 12.5. The Morgan fingerprint density at radius 1 is 1.28 bits per heavy atom. The van der Waals surface area contributed by atoms with Crippen LogP contribution in [0.2, 0.25) is 0 Å². The van der Waals surface area contributed by atoms with Crippen molar-refractivity contribution in [3.63, 3.8) is 0 Å². The van der Waals surface area contributed by atoms with Crippen LogP contribution in [0.4, 0.5) is 5.69 Å². The van der Waals surface area contributed by atoms with Gasteiger partial charge in [-0.2, -0.15) is 0 Å². The predicted molar refractivity (Wildman–Crippen MR) is 77.5 cm³/mol. The highest BCUT2D eigenvalue weighted by molar-refractivity contribution is 9.10. The fourth-order valence-corrected chi connectivity index (χ4v) is 3.61. The van der Waals surface area contributed by atoms with E-state index in [4.69, 9.17) is 4.74 Å². The highest BCUT2D eigenvalue weighted by Crippen LogP contribution is 2.31. The van der Waals surface area contributed by atoms with E-state index in [1.807, 2.05) is 6.07 Å². The lowest BCUT2D eigenvalue weighted by molar-refractivity contribution is 0.231. The summed E-state index contributed by atoms with van der Waals surface area (Å²) < 4.78 is 6.32. The van der Waals surface area contributed by atoms with Gasteiger partial charge in [0.1, 0.15) is 5.75 Å². The summed E-state index contributed by atoms with van der Waals surface area (Å²) >= 11 is 3.57. The van der Waals surface area contributed by atoms with Crippen molar-refractivity contribution in [3.8, 4) is 5.75 Å². The molecule has 0 saturated carbocycles. The summed E-state index contributed by atoms with van der Waals surface area (Å²) in [5.74, 6) is 0.901. The summed E-state index contributed by atoms with van der Waals surface area (Å²) in [6.45, 7) is 4.80. The Labute approximate surface area is 117 Å². The summed E-state index contributed by atoms with van der Waals surface area (Å²) in [7, 11) is 1.71. The number of rotatable bonds is 2. The van der Waals surface area contributed by atoms with Crippen LogP contribution in [0.15, 0.2) is 22.7 Å². The van der Waals surface area contributed by atoms with E-state index >= 15 is 0 Å². The largest absolute Gasteiger partial charge is 0.496 e. The maximum absolute atomic E-state index is 5.28. The molecule has 4 heteroatoms. The van der Waals surface area contributed by atoms with Crippen molar-refractivity contribution in [2.45, 2.75) is 18.9 Å². The van der Waals surface area contributed by atoms with Crippen LogP contribution in [0.3, 0.4) is 0 Å². The minimum absolute atomic E-state index is 0.764. The number of hydrogen-bond acceptors (Lipinski definition) is 3. The Balaban J connectivity index is 1.76. The van der Waals surface area contributed by atoms with Gasteiger partial charge in [-0.1, -0.05) is 0 Å². The first-order chi connectivity index (χ1) is 8.78. The van der Waals surface area contributed by atoms with Crippen LogP contribution in [-0.2, 0) is 0 Å². The molecule has 2 aliphatic rings. The number of halogens is 1. The van der Waals surface area contributed by atoms with Gasteiger partial charge in [0.2, 0.25) is 0 Å². The third-order valence-electron chi connectivity index (χ3n) is 4.09. The van der Waals surface area contributed by atoms with Gasteiger partial charge in [-0.25, -0.2) is 0 Å². The highest BCUT2D eigenvalue weighted by Gasteiger charge is 2.30. The number of nitrogens with zero attached hydrogens (tertiary/aromatic N) is 2. The molecule has 0 spiro atoms. The van der Waals surface area contributed by atoms with Crippen molar-refractivity contribution < 1.29 is 4.74 Å². The average molecular weight is 311 g/mol. The number of piperazine rings is 1. The van der Waals surface area contributed by atoms with Crippen LogP contribution in [0.1, 0.15) is 12.8 Å². The molecule has 18 heavy (non-hydrogen) atoms. The lowest BCUT2D eigenvalue weighted by Crippen LogP contribution is -2.50. The van der Waals surface area contributed by atoms with E-state index in [0.717, 1.165) is 22.8 Å². The Kier molecular flexibility index (Phi) is 3.48. The first-order valence-electron chi connectivity index (χ1n) is 6.60. The molecule has 3 nitrogen and oxygen atoms in total. The normalized spacial score (nSPS) is 24.1. The molecular weight excluding hydrogens is 292 g/mol. The molecule has 0 bridgehead atoms. The average Bonchev–Trinajstić information content (AvgIpc) is 2.85. The van der Waals surface area contributed by atoms with Gasteiger partial charge >= 0.3 is 0 Å². The van der Waals surface area contributed by atoms with Crippen molar-refractivity contribution in [3.05, 3.63) is 22.7 Å². The molecule has 0 aliphatic carbocycles. The third kappa shape index (κ3) is 2.24. The maximum atomic E-state index is 5.28. The molecule has 3 rings (SSSR count). The molecule has 2 saturated heterocycles. The number of hydrogen-bond donors (Lipinski definition) is 0.